The van der Waals surface area contributed by atoms with Crippen LogP contribution in [-0.4, -0.2) is 12.7 Å². The van der Waals surface area contributed by atoms with Crippen LogP contribution in [-0.2, 0) is 4.74 Å². The van der Waals surface area contributed by atoms with Crippen molar-refractivity contribution in [2.24, 2.45) is 0 Å². The van der Waals surface area contributed by atoms with Crippen LogP contribution >= 0.6 is 0 Å². The maximum absolute atomic E-state index is 5.63. The van der Waals surface area contributed by atoms with E-state index in [1.54, 1.807) is 0 Å². The van der Waals surface area contributed by atoms with Gasteiger partial charge in [-0.1, -0.05) is 42.8 Å². The van der Waals surface area contributed by atoms with Crippen LogP contribution in [0.5, 0.6) is 0 Å². The second-order valence-electron chi connectivity index (χ2n) is 4.17. The minimum Gasteiger partial charge on any atom is -0.374 e. The van der Waals surface area contributed by atoms with Gasteiger partial charge in [-0.25, -0.2) is 0 Å². The number of ether oxygens (including phenoxy) is 1. The number of hydrogen-bond acceptors (Lipinski definition) is 1. The summed E-state index contributed by atoms with van der Waals surface area (Å²) in [4.78, 5) is 0. The lowest BCUT2D eigenvalue weighted by Crippen LogP contribution is -2.17. The van der Waals surface area contributed by atoms with Gasteiger partial charge in [0.2, 0.25) is 0 Å². The van der Waals surface area contributed by atoms with Gasteiger partial charge in [-0.05, 0) is 30.9 Å². The van der Waals surface area contributed by atoms with Gasteiger partial charge in [-0.3, -0.25) is 0 Å². The van der Waals surface area contributed by atoms with Crippen LogP contribution in [0.25, 0.3) is 5.57 Å². The van der Waals surface area contributed by atoms with Crippen molar-refractivity contribution < 1.29 is 4.74 Å². The highest BCUT2D eigenvalue weighted by molar-refractivity contribution is 5.67. The van der Waals surface area contributed by atoms with Crippen molar-refractivity contribution in [3.63, 3.8) is 0 Å². The molecule has 0 aromatic heterocycles. The molecule has 1 nitrogen and oxygen atoms in total. The molecule has 1 aliphatic rings. The number of benzene rings is 1. The number of rotatable bonds is 2. The minimum atomic E-state index is 0.408. The van der Waals surface area contributed by atoms with Crippen LogP contribution in [0.15, 0.2) is 30.3 Å². The molecule has 2 rings (SSSR count). The van der Waals surface area contributed by atoms with Crippen molar-refractivity contribution in [3.8, 4) is 0 Å². The Morgan fingerprint density at radius 3 is 3.00 bits per heavy atom. The summed E-state index contributed by atoms with van der Waals surface area (Å²) in [5, 5.41) is 0. The Bertz CT molecular complexity index is 365. The van der Waals surface area contributed by atoms with Crippen LogP contribution in [0.2, 0.25) is 0 Å². The van der Waals surface area contributed by atoms with E-state index >= 15 is 0 Å². The van der Waals surface area contributed by atoms with Crippen molar-refractivity contribution in [1.29, 1.82) is 0 Å². The lowest BCUT2D eigenvalue weighted by Gasteiger charge is -2.22. The van der Waals surface area contributed by atoms with Crippen molar-refractivity contribution >= 4 is 5.57 Å². The van der Waals surface area contributed by atoms with Gasteiger partial charge >= 0.3 is 0 Å². The lowest BCUT2D eigenvalue weighted by molar-refractivity contribution is 0.0684. The number of aryl methyl sites for hydroxylation is 1. The molecule has 1 aromatic carbocycles. The molecule has 1 heterocycles. The molecule has 0 unspecified atom stereocenters. The van der Waals surface area contributed by atoms with Crippen LogP contribution < -0.4 is 0 Å². The third-order valence-corrected chi connectivity index (χ3v) is 2.95. The van der Waals surface area contributed by atoms with Gasteiger partial charge in [0.15, 0.2) is 0 Å². The molecule has 0 fully saturated rings. The molecule has 0 radical (unpaired) electrons. The van der Waals surface area contributed by atoms with Crippen molar-refractivity contribution in [3.05, 3.63) is 41.5 Å². The molecule has 15 heavy (non-hydrogen) atoms. The fourth-order valence-electron chi connectivity index (χ4n) is 2.02. The van der Waals surface area contributed by atoms with Gasteiger partial charge in [-0.15, -0.1) is 0 Å². The molecular formula is C14H18O. The zero-order valence-corrected chi connectivity index (χ0v) is 9.49. The highest BCUT2D eigenvalue weighted by Crippen LogP contribution is 2.26. The zero-order valence-electron chi connectivity index (χ0n) is 9.49. The molecule has 80 valence electrons. The van der Waals surface area contributed by atoms with E-state index in [1.165, 1.54) is 16.7 Å². The SMILES string of the molecule is CC[C@H]1CC(c2cccc(C)c2)=CCO1. The van der Waals surface area contributed by atoms with Gasteiger partial charge in [0.25, 0.3) is 0 Å². The van der Waals surface area contributed by atoms with Gasteiger partial charge in [0, 0.05) is 0 Å². The van der Waals surface area contributed by atoms with E-state index in [1.807, 2.05) is 0 Å². The highest BCUT2D eigenvalue weighted by Gasteiger charge is 2.14. The van der Waals surface area contributed by atoms with Crippen LogP contribution in [0.3, 0.4) is 0 Å². The first-order valence-corrected chi connectivity index (χ1v) is 5.67. The average molecular weight is 202 g/mol. The van der Waals surface area contributed by atoms with Crippen molar-refractivity contribution in [2.75, 3.05) is 6.61 Å². The standard InChI is InChI=1S/C14H18O/c1-3-14-10-13(7-8-15-14)12-6-4-5-11(2)9-12/h4-7,9,14H,3,8,10H2,1-2H3/t14-/m0/s1. The molecule has 1 aromatic rings. The normalized spacial score (nSPS) is 21.2. The maximum atomic E-state index is 5.63. The summed E-state index contributed by atoms with van der Waals surface area (Å²) in [6.07, 6.45) is 4.77. The summed E-state index contributed by atoms with van der Waals surface area (Å²) >= 11 is 0. The summed E-state index contributed by atoms with van der Waals surface area (Å²) in [6, 6.07) is 8.71. The largest absolute Gasteiger partial charge is 0.374 e. The molecule has 1 aliphatic heterocycles. The van der Waals surface area contributed by atoms with E-state index in [2.05, 4.69) is 44.2 Å². The fraction of sp³-hybridized carbons (Fsp3) is 0.429. The first-order valence-electron chi connectivity index (χ1n) is 5.67. The van der Waals surface area contributed by atoms with Crippen LogP contribution in [0.4, 0.5) is 0 Å². The second-order valence-corrected chi connectivity index (χ2v) is 4.17. The first-order chi connectivity index (χ1) is 7.29. The summed E-state index contributed by atoms with van der Waals surface area (Å²) < 4.78 is 5.63. The Kier molecular flexibility index (Phi) is 3.22. The Morgan fingerprint density at radius 2 is 2.27 bits per heavy atom. The molecule has 0 saturated heterocycles. The van der Waals surface area contributed by atoms with Crippen molar-refractivity contribution in [2.45, 2.75) is 32.8 Å². The quantitative estimate of drug-likeness (QED) is 0.712. The van der Waals surface area contributed by atoms with E-state index in [0.29, 0.717) is 6.10 Å². The van der Waals surface area contributed by atoms with Gasteiger partial charge in [-0.2, -0.15) is 0 Å². The molecule has 0 spiro atoms. The smallest absolute Gasteiger partial charge is 0.0657 e. The van der Waals surface area contributed by atoms with E-state index in [9.17, 15) is 0 Å². The third-order valence-electron chi connectivity index (χ3n) is 2.95. The zero-order chi connectivity index (χ0) is 10.7. The molecule has 0 N–H and O–H groups in total. The highest BCUT2D eigenvalue weighted by atomic mass is 16.5. The predicted octanol–water partition coefficient (Wildman–Crippen LogP) is 3.58. The monoisotopic (exact) mass is 202 g/mol. The number of hydrogen-bond donors (Lipinski definition) is 0. The maximum Gasteiger partial charge on any atom is 0.0657 e. The summed E-state index contributed by atoms with van der Waals surface area (Å²) in [5.74, 6) is 0. The third kappa shape index (κ3) is 2.48. The molecule has 0 saturated carbocycles. The van der Waals surface area contributed by atoms with E-state index in [0.717, 1.165) is 19.4 Å². The van der Waals surface area contributed by atoms with Gasteiger partial charge in [0.1, 0.15) is 0 Å². The lowest BCUT2D eigenvalue weighted by atomic mass is 9.96. The van der Waals surface area contributed by atoms with Gasteiger partial charge < -0.3 is 4.74 Å². The van der Waals surface area contributed by atoms with Crippen molar-refractivity contribution in [1.82, 2.24) is 0 Å². The second kappa shape index (κ2) is 4.63. The van der Waals surface area contributed by atoms with Gasteiger partial charge in [0.05, 0.1) is 12.7 Å². The van der Waals surface area contributed by atoms with E-state index in [-0.39, 0.29) is 0 Å². The fourth-order valence-corrected chi connectivity index (χ4v) is 2.02. The van der Waals surface area contributed by atoms with Crippen LogP contribution in [0.1, 0.15) is 30.9 Å². The topological polar surface area (TPSA) is 9.23 Å². The summed E-state index contributed by atoms with van der Waals surface area (Å²) in [7, 11) is 0. The Hall–Kier alpha value is -1.08. The molecule has 1 heteroatoms. The Morgan fingerprint density at radius 1 is 1.40 bits per heavy atom. The summed E-state index contributed by atoms with van der Waals surface area (Å²) in [5.41, 5.74) is 4.13. The molecule has 0 bridgehead atoms. The average Bonchev–Trinajstić information content (AvgIpc) is 2.29. The van der Waals surface area contributed by atoms with E-state index < -0.39 is 0 Å². The molecular weight excluding hydrogens is 184 g/mol. The van der Waals surface area contributed by atoms with E-state index in [4.69, 9.17) is 4.74 Å². The Balaban J connectivity index is 2.20. The first kappa shape index (κ1) is 10.4. The molecule has 1 atom stereocenters. The Labute approximate surface area is 91.8 Å². The predicted molar refractivity (Wildman–Crippen MR) is 63.8 cm³/mol. The van der Waals surface area contributed by atoms with Crippen LogP contribution in [0, 0.1) is 6.92 Å². The molecule has 0 aliphatic carbocycles. The molecule has 0 amide bonds. The minimum absolute atomic E-state index is 0.408. The summed E-state index contributed by atoms with van der Waals surface area (Å²) in [6.45, 7) is 5.09.